The number of rotatable bonds is 4. The lowest BCUT2D eigenvalue weighted by Crippen LogP contribution is -2.14. The van der Waals surface area contributed by atoms with Crippen molar-refractivity contribution in [1.29, 1.82) is 5.26 Å². The van der Waals surface area contributed by atoms with Crippen LogP contribution in [0.4, 0.5) is 11.4 Å². The number of anilines is 2. The van der Waals surface area contributed by atoms with Gasteiger partial charge in [-0.05, 0) is 43.7 Å². The molecule has 0 aromatic heterocycles. The number of aryl methyl sites for hydroxylation is 2. The molecule has 5 nitrogen and oxygen atoms in total. The van der Waals surface area contributed by atoms with Crippen LogP contribution in [0.25, 0.3) is 0 Å². The summed E-state index contributed by atoms with van der Waals surface area (Å²) >= 11 is 0. The van der Waals surface area contributed by atoms with Gasteiger partial charge in [-0.2, -0.15) is 5.26 Å². The lowest BCUT2D eigenvalue weighted by Gasteiger charge is -2.11. The topological polar surface area (TPSA) is 82.0 Å². The van der Waals surface area contributed by atoms with Crippen LogP contribution in [0.3, 0.4) is 0 Å². The van der Waals surface area contributed by atoms with E-state index in [1.807, 2.05) is 26.0 Å². The predicted molar refractivity (Wildman–Crippen MR) is 89.2 cm³/mol. The molecule has 0 atom stereocenters. The maximum atomic E-state index is 12.3. The van der Waals surface area contributed by atoms with E-state index < -0.39 is 0 Å². The molecule has 0 fully saturated rings. The van der Waals surface area contributed by atoms with Gasteiger partial charge in [0, 0.05) is 16.9 Å². The predicted octanol–water partition coefficient (Wildman–Crippen LogP) is 3.41. The molecule has 0 aliphatic heterocycles. The molecule has 0 bridgehead atoms. The molecular formula is C18H17N3O2. The normalized spacial score (nSPS) is 9.78. The van der Waals surface area contributed by atoms with Gasteiger partial charge in [-0.1, -0.05) is 23.8 Å². The Labute approximate surface area is 134 Å². The van der Waals surface area contributed by atoms with Gasteiger partial charge in [0.1, 0.15) is 6.42 Å². The molecule has 23 heavy (non-hydrogen) atoms. The summed E-state index contributed by atoms with van der Waals surface area (Å²) in [5.74, 6) is -0.597. The summed E-state index contributed by atoms with van der Waals surface area (Å²) in [5.41, 5.74) is 3.68. The Morgan fingerprint density at radius 1 is 1.04 bits per heavy atom. The van der Waals surface area contributed by atoms with Crippen LogP contribution in [0.5, 0.6) is 0 Å². The molecule has 2 amide bonds. The molecule has 0 saturated heterocycles. The van der Waals surface area contributed by atoms with Crippen LogP contribution >= 0.6 is 0 Å². The molecule has 0 radical (unpaired) electrons. The van der Waals surface area contributed by atoms with E-state index in [-0.39, 0.29) is 18.2 Å². The Morgan fingerprint density at radius 2 is 1.74 bits per heavy atom. The second kappa shape index (κ2) is 7.23. The molecule has 2 rings (SSSR count). The number of amides is 2. The van der Waals surface area contributed by atoms with E-state index in [2.05, 4.69) is 10.6 Å². The van der Waals surface area contributed by atoms with Gasteiger partial charge in [0.05, 0.1) is 6.07 Å². The Morgan fingerprint density at radius 3 is 2.39 bits per heavy atom. The van der Waals surface area contributed by atoms with Crippen molar-refractivity contribution in [2.75, 3.05) is 10.6 Å². The molecule has 0 aliphatic rings. The van der Waals surface area contributed by atoms with E-state index in [1.54, 1.807) is 36.4 Å². The molecular weight excluding hydrogens is 290 g/mol. The fourth-order valence-corrected chi connectivity index (χ4v) is 2.01. The third-order valence-electron chi connectivity index (χ3n) is 3.32. The third kappa shape index (κ3) is 4.42. The number of hydrogen-bond acceptors (Lipinski definition) is 3. The lowest BCUT2D eigenvalue weighted by atomic mass is 10.1. The number of carbonyl (C=O) groups is 2. The molecule has 0 heterocycles. The first-order valence-electron chi connectivity index (χ1n) is 7.15. The molecule has 2 aromatic rings. The maximum absolute atomic E-state index is 12.3. The van der Waals surface area contributed by atoms with Gasteiger partial charge >= 0.3 is 0 Å². The van der Waals surface area contributed by atoms with Crippen molar-refractivity contribution in [3.05, 3.63) is 59.2 Å². The van der Waals surface area contributed by atoms with Crippen LogP contribution in [0.1, 0.15) is 27.9 Å². The number of nitrogens with zero attached hydrogens (tertiary/aromatic N) is 1. The number of nitrogens with one attached hydrogen (secondary N) is 2. The minimum atomic E-state index is -0.382. The summed E-state index contributed by atoms with van der Waals surface area (Å²) in [5, 5.41) is 14.0. The molecule has 116 valence electrons. The van der Waals surface area contributed by atoms with E-state index >= 15 is 0 Å². The summed E-state index contributed by atoms with van der Waals surface area (Å²) in [7, 11) is 0. The number of nitriles is 1. The third-order valence-corrected chi connectivity index (χ3v) is 3.32. The highest BCUT2D eigenvalue weighted by atomic mass is 16.2. The summed E-state index contributed by atoms with van der Waals surface area (Å²) in [6.07, 6.45) is -0.209. The first-order chi connectivity index (χ1) is 11.0. The van der Waals surface area contributed by atoms with Crippen molar-refractivity contribution in [3.8, 4) is 6.07 Å². The van der Waals surface area contributed by atoms with Gasteiger partial charge in [0.2, 0.25) is 5.91 Å². The van der Waals surface area contributed by atoms with Gasteiger partial charge in [-0.3, -0.25) is 9.59 Å². The van der Waals surface area contributed by atoms with Gasteiger partial charge in [0.25, 0.3) is 5.91 Å². The van der Waals surface area contributed by atoms with Crippen LogP contribution in [0.2, 0.25) is 0 Å². The van der Waals surface area contributed by atoms with E-state index in [9.17, 15) is 9.59 Å². The van der Waals surface area contributed by atoms with Gasteiger partial charge in [-0.25, -0.2) is 0 Å². The quantitative estimate of drug-likeness (QED) is 0.908. The average Bonchev–Trinajstić information content (AvgIpc) is 2.51. The molecule has 0 spiro atoms. The van der Waals surface area contributed by atoms with Crippen molar-refractivity contribution in [1.82, 2.24) is 0 Å². The number of benzene rings is 2. The zero-order valence-electron chi connectivity index (χ0n) is 13.0. The van der Waals surface area contributed by atoms with E-state index in [4.69, 9.17) is 5.26 Å². The van der Waals surface area contributed by atoms with Crippen molar-refractivity contribution in [3.63, 3.8) is 0 Å². The standard InChI is InChI=1S/C18H17N3O2/c1-12-3-6-14(7-4-12)18(23)21-16-11-15(8-5-13(16)2)20-17(22)9-10-19/h3-8,11H,9H2,1-2H3,(H,20,22)(H,21,23). The molecule has 2 aromatic carbocycles. The highest BCUT2D eigenvalue weighted by Gasteiger charge is 2.09. The Bertz CT molecular complexity index is 774. The molecule has 0 saturated carbocycles. The second-order valence-electron chi connectivity index (χ2n) is 5.23. The zero-order valence-corrected chi connectivity index (χ0v) is 13.0. The van der Waals surface area contributed by atoms with Gasteiger partial charge < -0.3 is 10.6 Å². The van der Waals surface area contributed by atoms with Crippen LogP contribution in [0, 0.1) is 25.2 Å². The zero-order chi connectivity index (χ0) is 16.8. The second-order valence-corrected chi connectivity index (χ2v) is 5.23. The number of carbonyl (C=O) groups excluding carboxylic acids is 2. The van der Waals surface area contributed by atoms with Crippen molar-refractivity contribution in [2.24, 2.45) is 0 Å². The highest BCUT2D eigenvalue weighted by molar-refractivity contribution is 6.05. The molecule has 5 heteroatoms. The SMILES string of the molecule is Cc1ccc(C(=O)Nc2cc(NC(=O)CC#N)ccc2C)cc1. The number of hydrogen-bond donors (Lipinski definition) is 2. The van der Waals surface area contributed by atoms with Crippen LogP contribution < -0.4 is 10.6 Å². The van der Waals surface area contributed by atoms with Crippen molar-refractivity contribution < 1.29 is 9.59 Å². The summed E-state index contributed by atoms with van der Waals surface area (Å²) in [6, 6.07) is 14.3. The monoisotopic (exact) mass is 307 g/mol. The maximum Gasteiger partial charge on any atom is 0.255 e. The van der Waals surface area contributed by atoms with Crippen LogP contribution in [0.15, 0.2) is 42.5 Å². The molecule has 0 aliphatic carbocycles. The minimum absolute atomic E-state index is 0.209. The summed E-state index contributed by atoms with van der Waals surface area (Å²) < 4.78 is 0. The Kier molecular flexibility index (Phi) is 5.11. The van der Waals surface area contributed by atoms with Gasteiger partial charge in [-0.15, -0.1) is 0 Å². The van der Waals surface area contributed by atoms with Crippen LogP contribution in [-0.4, -0.2) is 11.8 Å². The van der Waals surface area contributed by atoms with Crippen molar-refractivity contribution >= 4 is 23.2 Å². The smallest absolute Gasteiger partial charge is 0.255 e. The van der Waals surface area contributed by atoms with Crippen molar-refractivity contribution in [2.45, 2.75) is 20.3 Å². The van der Waals surface area contributed by atoms with Gasteiger partial charge in [0.15, 0.2) is 0 Å². The van der Waals surface area contributed by atoms with E-state index in [0.717, 1.165) is 11.1 Å². The Hall–Kier alpha value is -3.13. The molecule has 2 N–H and O–H groups in total. The van der Waals surface area contributed by atoms with Crippen LogP contribution in [-0.2, 0) is 4.79 Å². The summed E-state index contributed by atoms with van der Waals surface area (Å²) in [4.78, 5) is 23.7. The van der Waals surface area contributed by atoms with E-state index in [0.29, 0.717) is 16.9 Å². The average molecular weight is 307 g/mol. The van der Waals surface area contributed by atoms with E-state index in [1.165, 1.54) is 0 Å². The summed E-state index contributed by atoms with van der Waals surface area (Å²) in [6.45, 7) is 3.82. The minimum Gasteiger partial charge on any atom is -0.325 e. The highest BCUT2D eigenvalue weighted by Crippen LogP contribution is 2.21. The fraction of sp³-hybridized carbons (Fsp3) is 0.167. The first kappa shape index (κ1) is 16.2. The first-order valence-corrected chi connectivity index (χ1v) is 7.15. The largest absolute Gasteiger partial charge is 0.325 e. The molecule has 0 unspecified atom stereocenters. The lowest BCUT2D eigenvalue weighted by molar-refractivity contribution is -0.115. The Balaban J connectivity index is 2.15. The fourth-order valence-electron chi connectivity index (χ4n) is 2.01.